The SMILES string of the molecule is CC1(C)c2ccccc2-c2ccc(N(c3ccc(-c4ccccc4)cc3)c3ccc4c(sc5c6ccccc6c6ccccc6c45)c3-c3ccccc3)cc21. The molecule has 1 heterocycles. The van der Waals surface area contributed by atoms with Crippen LogP contribution in [0.5, 0.6) is 0 Å². The predicted octanol–water partition coefficient (Wildman–Crippen LogP) is 15.5. The molecule has 2 heteroatoms. The maximum atomic E-state index is 2.50. The number of anilines is 3. The minimum Gasteiger partial charge on any atom is -0.310 e. The van der Waals surface area contributed by atoms with Crippen molar-refractivity contribution in [3.63, 3.8) is 0 Å². The maximum absolute atomic E-state index is 2.50. The second-order valence-corrected chi connectivity index (χ2v) is 16.3. The normalized spacial score (nSPS) is 13.1. The molecule has 1 aromatic heterocycles. The van der Waals surface area contributed by atoms with Crippen LogP contribution in [-0.4, -0.2) is 0 Å². The second-order valence-electron chi connectivity index (χ2n) is 15.2. The Morgan fingerprint density at radius 1 is 0.400 bits per heavy atom. The molecule has 0 saturated heterocycles. The minimum atomic E-state index is -0.120. The molecule has 0 atom stereocenters. The van der Waals surface area contributed by atoms with Gasteiger partial charge in [-0.25, -0.2) is 0 Å². The van der Waals surface area contributed by atoms with Crippen LogP contribution in [0.15, 0.2) is 188 Å². The summed E-state index contributed by atoms with van der Waals surface area (Å²) >= 11 is 1.93. The highest BCUT2D eigenvalue weighted by Gasteiger charge is 2.36. The Morgan fingerprint density at radius 2 is 0.964 bits per heavy atom. The zero-order chi connectivity index (χ0) is 36.7. The fraction of sp³-hybridized carbons (Fsp3) is 0.0566. The monoisotopic (exact) mass is 719 g/mol. The first-order chi connectivity index (χ1) is 27.1. The summed E-state index contributed by atoms with van der Waals surface area (Å²) in [4.78, 5) is 2.50. The van der Waals surface area contributed by atoms with Gasteiger partial charge in [-0.15, -0.1) is 11.3 Å². The zero-order valence-electron chi connectivity index (χ0n) is 30.8. The molecule has 55 heavy (non-hydrogen) atoms. The molecule has 11 rings (SSSR count). The Hall–Kier alpha value is -6.48. The van der Waals surface area contributed by atoms with Crippen molar-refractivity contribution < 1.29 is 0 Å². The fourth-order valence-corrected chi connectivity index (χ4v) is 10.6. The van der Waals surface area contributed by atoms with Gasteiger partial charge < -0.3 is 4.90 Å². The molecule has 0 fully saturated rings. The molecule has 0 radical (unpaired) electrons. The van der Waals surface area contributed by atoms with E-state index in [9.17, 15) is 0 Å². The zero-order valence-corrected chi connectivity index (χ0v) is 31.6. The molecule has 0 saturated carbocycles. The van der Waals surface area contributed by atoms with Crippen LogP contribution in [-0.2, 0) is 5.41 Å². The lowest BCUT2D eigenvalue weighted by molar-refractivity contribution is 0.660. The lowest BCUT2D eigenvalue weighted by Crippen LogP contribution is -2.17. The van der Waals surface area contributed by atoms with Crippen LogP contribution in [0.4, 0.5) is 17.1 Å². The third-order valence-corrected chi connectivity index (χ3v) is 13.1. The maximum Gasteiger partial charge on any atom is 0.0554 e. The average molecular weight is 720 g/mol. The highest BCUT2D eigenvalue weighted by atomic mass is 32.1. The van der Waals surface area contributed by atoms with Crippen LogP contribution in [0.2, 0.25) is 0 Å². The van der Waals surface area contributed by atoms with Crippen LogP contribution in [0.1, 0.15) is 25.0 Å². The molecule has 0 aliphatic heterocycles. The van der Waals surface area contributed by atoms with Crippen LogP contribution < -0.4 is 4.90 Å². The number of hydrogen-bond acceptors (Lipinski definition) is 2. The Bertz CT molecular complexity index is 3100. The summed E-state index contributed by atoms with van der Waals surface area (Å²) < 4.78 is 2.65. The lowest BCUT2D eigenvalue weighted by Gasteiger charge is -2.30. The summed E-state index contributed by atoms with van der Waals surface area (Å²) in [6, 6.07) is 69.4. The van der Waals surface area contributed by atoms with Gasteiger partial charge in [0, 0.05) is 47.9 Å². The van der Waals surface area contributed by atoms with Gasteiger partial charge in [-0.2, -0.15) is 0 Å². The van der Waals surface area contributed by atoms with E-state index in [-0.39, 0.29) is 5.41 Å². The van der Waals surface area contributed by atoms with Gasteiger partial charge in [0.05, 0.1) is 5.69 Å². The van der Waals surface area contributed by atoms with E-state index in [2.05, 4.69) is 207 Å². The van der Waals surface area contributed by atoms with E-state index in [1.54, 1.807) is 0 Å². The van der Waals surface area contributed by atoms with Gasteiger partial charge >= 0.3 is 0 Å². The molecular formula is C53H37NS. The standard InChI is InChI=1S/C53H37NS/c1-53(2)46-24-14-13-21-41(46)42-30-29-38(33-47(42)53)54(37-27-25-35(26-28-37)34-15-5-3-6-16-34)48-32-31-45-50-43-22-11-9-19-39(43)40-20-10-12-23-44(40)51(50)55-52(45)49(48)36-17-7-4-8-18-36/h3-33H,1-2H3. The molecular weight excluding hydrogens is 683 g/mol. The van der Waals surface area contributed by atoms with E-state index >= 15 is 0 Å². The van der Waals surface area contributed by atoms with Crippen LogP contribution >= 0.6 is 11.3 Å². The number of benzene rings is 9. The van der Waals surface area contributed by atoms with Crippen molar-refractivity contribution in [3.8, 4) is 33.4 Å². The molecule has 1 aliphatic carbocycles. The molecule has 260 valence electrons. The average Bonchev–Trinajstić information content (AvgIpc) is 3.75. The first kappa shape index (κ1) is 32.0. The molecule has 0 spiro atoms. The first-order valence-electron chi connectivity index (χ1n) is 19.1. The number of rotatable bonds is 5. The van der Waals surface area contributed by atoms with Gasteiger partial charge in [-0.3, -0.25) is 0 Å². The van der Waals surface area contributed by atoms with Crippen molar-refractivity contribution in [2.24, 2.45) is 0 Å². The molecule has 0 bridgehead atoms. The molecule has 0 N–H and O–H groups in total. The van der Waals surface area contributed by atoms with E-state index in [1.807, 2.05) is 11.3 Å². The molecule has 1 aliphatic rings. The molecule has 0 amide bonds. The lowest BCUT2D eigenvalue weighted by atomic mass is 9.82. The fourth-order valence-electron chi connectivity index (χ4n) is 9.22. The Kier molecular flexibility index (Phi) is 7.14. The Morgan fingerprint density at radius 3 is 1.71 bits per heavy atom. The summed E-state index contributed by atoms with van der Waals surface area (Å²) in [5, 5.41) is 7.87. The van der Waals surface area contributed by atoms with Gasteiger partial charge in [0.1, 0.15) is 0 Å². The third kappa shape index (κ3) is 4.85. The highest BCUT2D eigenvalue weighted by Crippen LogP contribution is 2.54. The van der Waals surface area contributed by atoms with Gasteiger partial charge in [0.2, 0.25) is 0 Å². The van der Waals surface area contributed by atoms with Gasteiger partial charge in [0.25, 0.3) is 0 Å². The first-order valence-corrected chi connectivity index (χ1v) is 19.9. The summed E-state index contributed by atoms with van der Waals surface area (Å²) in [5.74, 6) is 0. The van der Waals surface area contributed by atoms with Crippen molar-refractivity contribution in [2.45, 2.75) is 19.3 Å². The number of thiophene rings is 1. The van der Waals surface area contributed by atoms with Crippen molar-refractivity contribution >= 4 is 70.1 Å². The summed E-state index contributed by atoms with van der Waals surface area (Å²) in [6.07, 6.45) is 0. The second kappa shape index (κ2) is 12.3. The topological polar surface area (TPSA) is 3.24 Å². The number of hydrogen-bond donors (Lipinski definition) is 0. The Balaban J connectivity index is 1.22. The largest absolute Gasteiger partial charge is 0.310 e. The molecule has 1 nitrogen and oxygen atoms in total. The van der Waals surface area contributed by atoms with Crippen molar-refractivity contribution in [1.82, 2.24) is 0 Å². The predicted molar refractivity (Wildman–Crippen MR) is 237 cm³/mol. The summed E-state index contributed by atoms with van der Waals surface area (Å²) in [5.41, 5.74) is 13.6. The molecule has 9 aromatic carbocycles. The van der Waals surface area contributed by atoms with Crippen molar-refractivity contribution in [1.29, 1.82) is 0 Å². The van der Waals surface area contributed by atoms with Gasteiger partial charge in [-0.1, -0.05) is 172 Å². The van der Waals surface area contributed by atoms with Gasteiger partial charge in [0.15, 0.2) is 0 Å². The number of fused-ring (bicyclic) bond motifs is 11. The summed E-state index contributed by atoms with van der Waals surface area (Å²) in [6.45, 7) is 4.74. The smallest absolute Gasteiger partial charge is 0.0554 e. The summed E-state index contributed by atoms with van der Waals surface area (Å²) in [7, 11) is 0. The van der Waals surface area contributed by atoms with Crippen LogP contribution in [0, 0.1) is 0 Å². The van der Waals surface area contributed by atoms with E-state index in [0.717, 1.165) is 11.4 Å². The molecule has 0 unspecified atom stereocenters. The van der Waals surface area contributed by atoms with Crippen LogP contribution in [0.3, 0.4) is 0 Å². The van der Waals surface area contributed by atoms with E-state index in [0.29, 0.717) is 0 Å². The van der Waals surface area contributed by atoms with Crippen molar-refractivity contribution in [2.75, 3.05) is 4.90 Å². The highest BCUT2D eigenvalue weighted by molar-refractivity contribution is 7.27. The van der Waals surface area contributed by atoms with Crippen molar-refractivity contribution in [3.05, 3.63) is 199 Å². The van der Waals surface area contributed by atoms with E-state index < -0.39 is 0 Å². The van der Waals surface area contributed by atoms with E-state index in [1.165, 1.54) is 91.9 Å². The van der Waals surface area contributed by atoms with Gasteiger partial charge in [-0.05, 0) is 85.4 Å². The Labute approximate surface area is 325 Å². The van der Waals surface area contributed by atoms with Crippen LogP contribution in [0.25, 0.3) is 75.1 Å². The third-order valence-electron chi connectivity index (χ3n) is 11.9. The molecule has 10 aromatic rings. The number of nitrogens with zero attached hydrogens (tertiary/aromatic N) is 1. The quantitative estimate of drug-likeness (QED) is 0.160. The minimum absolute atomic E-state index is 0.120. The van der Waals surface area contributed by atoms with E-state index in [4.69, 9.17) is 0 Å².